The second-order valence-electron chi connectivity index (χ2n) is 5.03. The zero-order valence-corrected chi connectivity index (χ0v) is 14.6. The van der Waals surface area contributed by atoms with E-state index in [1.165, 1.54) is 0 Å². The first-order valence-corrected chi connectivity index (χ1v) is 8.00. The van der Waals surface area contributed by atoms with Crippen molar-refractivity contribution in [3.63, 3.8) is 0 Å². The molecular formula is C18H15BrClNO. The van der Waals surface area contributed by atoms with Crippen LogP contribution in [0.25, 0.3) is 11.6 Å². The highest BCUT2D eigenvalue weighted by atomic mass is 79.9. The summed E-state index contributed by atoms with van der Waals surface area (Å²) in [6.07, 6.45) is 1.95. The predicted molar refractivity (Wildman–Crippen MR) is 94.8 cm³/mol. The highest BCUT2D eigenvalue weighted by Crippen LogP contribution is 2.29. The third kappa shape index (κ3) is 4.37. The molecule has 0 unspecified atom stereocenters. The number of rotatable bonds is 4. The third-order valence-corrected chi connectivity index (χ3v) is 3.78. The summed E-state index contributed by atoms with van der Waals surface area (Å²) in [5.41, 5.74) is 2.35. The van der Waals surface area contributed by atoms with Gasteiger partial charge in [-0.3, -0.25) is 0 Å². The molecule has 0 aliphatic carbocycles. The predicted octanol–water partition coefficient (Wildman–Crippen LogP) is 5.95. The van der Waals surface area contributed by atoms with E-state index in [0.717, 1.165) is 21.3 Å². The van der Waals surface area contributed by atoms with Gasteiger partial charge < -0.3 is 4.74 Å². The van der Waals surface area contributed by atoms with Crippen molar-refractivity contribution in [3.05, 3.63) is 63.1 Å². The Kier molecular flexibility index (Phi) is 5.65. The van der Waals surface area contributed by atoms with Crippen LogP contribution in [0, 0.1) is 11.3 Å². The van der Waals surface area contributed by atoms with E-state index in [1.807, 2.05) is 50.3 Å². The second kappa shape index (κ2) is 7.49. The molecule has 0 spiro atoms. The molecule has 0 saturated carbocycles. The zero-order chi connectivity index (χ0) is 16.1. The maximum atomic E-state index is 9.37. The van der Waals surface area contributed by atoms with Crippen molar-refractivity contribution >= 4 is 39.2 Å². The van der Waals surface area contributed by atoms with Crippen molar-refractivity contribution in [2.24, 2.45) is 0 Å². The summed E-state index contributed by atoms with van der Waals surface area (Å²) in [5, 5.41) is 10.0. The Labute approximate surface area is 144 Å². The fourth-order valence-corrected chi connectivity index (χ4v) is 2.55. The molecular weight excluding hydrogens is 362 g/mol. The molecule has 2 nitrogen and oxygen atoms in total. The Bertz CT molecular complexity index is 730. The van der Waals surface area contributed by atoms with Crippen LogP contribution >= 0.6 is 27.5 Å². The summed E-state index contributed by atoms with van der Waals surface area (Å²) < 4.78 is 6.55. The van der Waals surface area contributed by atoms with Crippen molar-refractivity contribution in [1.29, 1.82) is 5.26 Å². The van der Waals surface area contributed by atoms with Gasteiger partial charge in [-0.05, 0) is 71.2 Å². The van der Waals surface area contributed by atoms with Crippen molar-refractivity contribution < 1.29 is 4.74 Å². The van der Waals surface area contributed by atoms with E-state index in [2.05, 4.69) is 22.0 Å². The maximum Gasteiger partial charge on any atom is 0.133 e. The standard InChI is InChI=1S/C18H15BrClNO/c1-12(2)22-18-8-3-13(10-17(18)19)9-15(11-21)14-4-6-16(20)7-5-14/h3-10,12H,1-2H3/b15-9+. The molecule has 0 bridgehead atoms. The summed E-state index contributed by atoms with van der Waals surface area (Å²) in [7, 11) is 0. The van der Waals surface area contributed by atoms with Crippen molar-refractivity contribution in [2.45, 2.75) is 20.0 Å². The first-order chi connectivity index (χ1) is 10.5. The van der Waals surface area contributed by atoms with E-state index in [9.17, 15) is 5.26 Å². The first kappa shape index (κ1) is 16.6. The van der Waals surface area contributed by atoms with Gasteiger partial charge in [-0.15, -0.1) is 0 Å². The van der Waals surface area contributed by atoms with Gasteiger partial charge in [0.25, 0.3) is 0 Å². The van der Waals surface area contributed by atoms with E-state index < -0.39 is 0 Å². The Hall–Kier alpha value is -1.76. The summed E-state index contributed by atoms with van der Waals surface area (Å²) in [6.45, 7) is 3.96. The van der Waals surface area contributed by atoms with Gasteiger partial charge in [0.05, 0.1) is 22.2 Å². The lowest BCUT2D eigenvalue weighted by Gasteiger charge is -2.11. The van der Waals surface area contributed by atoms with Crippen LogP contribution in [0.3, 0.4) is 0 Å². The molecule has 112 valence electrons. The lowest BCUT2D eigenvalue weighted by molar-refractivity contribution is 0.241. The molecule has 0 aliphatic rings. The smallest absolute Gasteiger partial charge is 0.133 e. The zero-order valence-electron chi connectivity index (χ0n) is 12.3. The molecule has 0 heterocycles. The number of nitriles is 1. The molecule has 0 fully saturated rings. The minimum absolute atomic E-state index is 0.112. The summed E-state index contributed by atoms with van der Waals surface area (Å²) >= 11 is 9.38. The summed E-state index contributed by atoms with van der Waals surface area (Å²) in [5.74, 6) is 0.789. The molecule has 2 rings (SSSR count). The highest BCUT2D eigenvalue weighted by molar-refractivity contribution is 9.10. The monoisotopic (exact) mass is 375 g/mol. The van der Waals surface area contributed by atoms with Crippen LogP contribution in [-0.4, -0.2) is 6.10 Å². The number of nitrogens with zero attached hydrogens (tertiary/aromatic N) is 1. The molecule has 0 aromatic heterocycles. The fourth-order valence-electron chi connectivity index (χ4n) is 1.93. The van der Waals surface area contributed by atoms with Gasteiger partial charge in [-0.2, -0.15) is 5.26 Å². The number of hydrogen-bond donors (Lipinski definition) is 0. The lowest BCUT2D eigenvalue weighted by Crippen LogP contribution is -2.05. The summed E-state index contributed by atoms with van der Waals surface area (Å²) in [4.78, 5) is 0. The van der Waals surface area contributed by atoms with Crippen molar-refractivity contribution in [1.82, 2.24) is 0 Å². The van der Waals surface area contributed by atoms with Crippen LogP contribution in [0.5, 0.6) is 5.75 Å². The van der Waals surface area contributed by atoms with Crippen LogP contribution in [0.4, 0.5) is 0 Å². The van der Waals surface area contributed by atoms with Crippen LogP contribution in [-0.2, 0) is 0 Å². The quantitative estimate of drug-likeness (QED) is 0.487. The highest BCUT2D eigenvalue weighted by Gasteiger charge is 2.06. The molecule has 22 heavy (non-hydrogen) atoms. The van der Waals surface area contributed by atoms with Gasteiger partial charge in [-0.25, -0.2) is 0 Å². The maximum absolute atomic E-state index is 9.37. The van der Waals surface area contributed by atoms with Crippen LogP contribution in [0.15, 0.2) is 46.9 Å². The molecule has 0 atom stereocenters. The largest absolute Gasteiger partial charge is 0.490 e. The SMILES string of the molecule is CC(C)Oc1ccc(/C=C(\C#N)c2ccc(Cl)cc2)cc1Br. The minimum atomic E-state index is 0.112. The lowest BCUT2D eigenvalue weighted by atomic mass is 10.0. The molecule has 0 aliphatic heterocycles. The average Bonchev–Trinajstić information content (AvgIpc) is 2.48. The van der Waals surface area contributed by atoms with Gasteiger partial charge in [0.2, 0.25) is 0 Å². The number of benzene rings is 2. The second-order valence-corrected chi connectivity index (χ2v) is 6.32. The Morgan fingerprint density at radius 2 is 1.91 bits per heavy atom. The molecule has 4 heteroatoms. The molecule has 0 N–H and O–H groups in total. The number of hydrogen-bond acceptors (Lipinski definition) is 2. The molecule has 2 aromatic rings. The number of halogens is 2. The molecule has 0 saturated heterocycles. The van der Waals surface area contributed by atoms with E-state index in [1.54, 1.807) is 12.1 Å². The van der Waals surface area contributed by atoms with Gasteiger partial charge in [0, 0.05) is 5.02 Å². The summed E-state index contributed by atoms with van der Waals surface area (Å²) in [6, 6.07) is 15.2. The molecule has 0 radical (unpaired) electrons. The van der Waals surface area contributed by atoms with E-state index in [0.29, 0.717) is 10.6 Å². The average molecular weight is 377 g/mol. The molecule has 0 amide bonds. The van der Waals surface area contributed by atoms with Crippen LogP contribution in [0.2, 0.25) is 5.02 Å². The van der Waals surface area contributed by atoms with Crippen molar-refractivity contribution in [2.75, 3.05) is 0 Å². The Morgan fingerprint density at radius 1 is 1.23 bits per heavy atom. The van der Waals surface area contributed by atoms with Gasteiger partial charge in [0.15, 0.2) is 0 Å². The van der Waals surface area contributed by atoms with Crippen LogP contribution < -0.4 is 4.74 Å². The topological polar surface area (TPSA) is 33.0 Å². The van der Waals surface area contributed by atoms with Gasteiger partial charge in [-0.1, -0.05) is 29.8 Å². The van der Waals surface area contributed by atoms with E-state index in [4.69, 9.17) is 16.3 Å². The van der Waals surface area contributed by atoms with Crippen LogP contribution in [0.1, 0.15) is 25.0 Å². The normalized spacial score (nSPS) is 11.4. The molecule has 2 aromatic carbocycles. The Morgan fingerprint density at radius 3 is 2.45 bits per heavy atom. The minimum Gasteiger partial charge on any atom is -0.490 e. The Balaban J connectivity index is 2.32. The van der Waals surface area contributed by atoms with Crippen molar-refractivity contribution in [3.8, 4) is 11.8 Å². The van der Waals surface area contributed by atoms with Gasteiger partial charge in [0.1, 0.15) is 5.75 Å². The van der Waals surface area contributed by atoms with Gasteiger partial charge >= 0.3 is 0 Å². The third-order valence-electron chi connectivity index (χ3n) is 2.91. The number of ether oxygens (including phenoxy) is 1. The van der Waals surface area contributed by atoms with E-state index in [-0.39, 0.29) is 6.10 Å². The fraction of sp³-hybridized carbons (Fsp3) is 0.167. The van der Waals surface area contributed by atoms with E-state index >= 15 is 0 Å². The first-order valence-electron chi connectivity index (χ1n) is 6.83. The number of allylic oxidation sites excluding steroid dienone is 1.